The van der Waals surface area contributed by atoms with Crippen molar-refractivity contribution in [1.82, 2.24) is 9.78 Å². The maximum atomic E-state index is 10.0. The van der Waals surface area contributed by atoms with Crippen LogP contribution < -0.4 is 0 Å². The number of hydrogen-bond donors (Lipinski definition) is 1. The van der Waals surface area contributed by atoms with Gasteiger partial charge < -0.3 is 5.11 Å². The van der Waals surface area contributed by atoms with Gasteiger partial charge in [0.15, 0.2) is 0 Å². The second-order valence-corrected chi connectivity index (χ2v) is 5.49. The molecular weight excluding hydrogens is 268 g/mol. The minimum absolute atomic E-state index is 0.217. The van der Waals surface area contributed by atoms with Crippen LogP contribution >= 0.6 is 15.9 Å². The summed E-state index contributed by atoms with van der Waals surface area (Å²) in [6.45, 7) is 4.93. The predicted molar refractivity (Wildman–Crippen MR) is 67.4 cm³/mol. The molecule has 1 heterocycles. The Balaban J connectivity index is 2.06. The lowest BCUT2D eigenvalue weighted by Crippen LogP contribution is -2.15. The Bertz CT molecular complexity index is 371. The van der Waals surface area contributed by atoms with Crippen LogP contribution in [0.3, 0.4) is 0 Å². The van der Waals surface area contributed by atoms with E-state index in [9.17, 15) is 5.11 Å². The smallest absolute Gasteiger partial charge is 0.0738 e. The monoisotopic (exact) mass is 286 g/mol. The zero-order chi connectivity index (χ0) is 11.7. The Kier molecular flexibility index (Phi) is 3.70. The largest absolute Gasteiger partial charge is 0.393 e. The van der Waals surface area contributed by atoms with Crippen molar-refractivity contribution in [2.75, 3.05) is 0 Å². The number of aliphatic hydroxyl groups excluding tert-OH is 1. The highest BCUT2D eigenvalue weighted by Gasteiger charge is 2.25. The van der Waals surface area contributed by atoms with Crippen LogP contribution in [0, 0.1) is 12.8 Å². The molecule has 1 unspecified atom stereocenters. The lowest BCUT2D eigenvalue weighted by atomic mass is 10.1. The van der Waals surface area contributed by atoms with E-state index in [2.05, 4.69) is 28.0 Å². The van der Waals surface area contributed by atoms with Crippen molar-refractivity contribution in [1.29, 1.82) is 0 Å². The van der Waals surface area contributed by atoms with Crippen LogP contribution in [0.2, 0.25) is 0 Å². The third-order valence-electron chi connectivity index (χ3n) is 3.18. The summed E-state index contributed by atoms with van der Waals surface area (Å²) in [5.74, 6) is 0.771. The van der Waals surface area contributed by atoms with Gasteiger partial charge in [0, 0.05) is 13.0 Å². The molecule has 3 nitrogen and oxygen atoms in total. The number of halogens is 1. The summed E-state index contributed by atoms with van der Waals surface area (Å²) in [5.41, 5.74) is 2.14. The first-order chi connectivity index (χ1) is 7.61. The van der Waals surface area contributed by atoms with Gasteiger partial charge in [-0.1, -0.05) is 12.8 Å². The molecule has 1 aliphatic rings. The first kappa shape index (κ1) is 12.1. The minimum Gasteiger partial charge on any atom is -0.393 e. The van der Waals surface area contributed by atoms with Crippen LogP contribution in [0.25, 0.3) is 0 Å². The summed E-state index contributed by atoms with van der Waals surface area (Å²) < 4.78 is 3.04. The van der Waals surface area contributed by atoms with Crippen molar-refractivity contribution >= 4 is 15.9 Å². The van der Waals surface area contributed by atoms with Gasteiger partial charge >= 0.3 is 0 Å². The number of hydrogen-bond acceptors (Lipinski definition) is 2. The topological polar surface area (TPSA) is 38.0 Å². The summed E-state index contributed by atoms with van der Waals surface area (Å²) in [5, 5.41) is 14.4. The number of aryl methyl sites for hydroxylation is 2. The highest BCUT2D eigenvalue weighted by Crippen LogP contribution is 2.34. The Hall–Kier alpha value is -0.350. The average molecular weight is 287 g/mol. The Labute approximate surface area is 105 Å². The molecule has 1 N–H and O–H groups in total. The molecule has 0 spiro atoms. The molecule has 90 valence electrons. The third kappa shape index (κ3) is 2.66. The summed E-state index contributed by atoms with van der Waals surface area (Å²) in [4.78, 5) is 0. The molecule has 0 saturated heterocycles. The number of aromatic nitrogens is 2. The van der Waals surface area contributed by atoms with E-state index in [4.69, 9.17) is 0 Å². The van der Waals surface area contributed by atoms with E-state index >= 15 is 0 Å². The van der Waals surface area contributed by atoms with Crippen molar-refractivity contribution in [3.63, 3.8) is 0 Å². The van der Waals surface area contributed by atoms with Gasteiger partial charge in [0.2, 0.25) is 0 Å². The molecule has 2 rings (SSSR count). The number of rotatable bonds is 5. The van der Waals surface area contributed by atoms with Gasteiger partial charge in [0.25, 0.3) is 0 Å². The fourth-order valence-corrected chi connectivity index (χ4v) is 2.55. The molecule has 0 bridgehead atoms. The van der Waals surface area contributed by atoms with Crippen LogP contribution in [0.15, 0.2) is 4.47 Å². The van der Waals surface area contributed by atoms with E-state index in [1.807, 2.05) is 11.6 Å². The van der Waals surface area contributed by atoms with E-state index in [1.54, 1.807) is 0 Å². The lowest BCUT2D eigenvalue weighted by molar-refractivity contribution is 0.155. The molecule has 0 radical (unpaired) electrons. The number of aliphatic hydroxyl groups is 1. The van der Waals surface area contributed by atoms with Gasteiger partial charge in [0.05, 0.1) is 22.0 Å². The highest BCUT2D eigenvalue weighted by atomic mass is 79.9. The molecule has 1 atom stereocenters. The molecule has 16 heavy (non-hydrogen) atoms. The lowest BCUT2D eigenvalue weighted by Gasteiger charge is -2.11. The Morgan fingerprint density at radius 1 is 1.56 bits per heavy atom. The second-order valence-electron chi connectivity index (χ2n) is 4.70. The van der Waals surface area contributed by atoms with E-state index < -0.39 is 0 Å². The minimum atomic E-state index is -0.217. The van der Waals surface area contributed by atoms with E-state index in [-0.39, 0.29) is 6.10 Å². The normalized spacial score (nSPS) is 17.8. The van der Waals surface area contributed by atoms with Crippen molar-refractivity contribution in [2.24, 2.45) is 5.92 Å². The average Bonchev–Trinajstić information content (AvgIpc) is 3.01. The quantitative estimate of drug-likeness (QED) is 0.904. The highest BCUT2D eigenvalue weighted by molar-refractivity contribution is 9.10. The van der Waals surface area contributed by atoms with E-state index in [0.717, 1.165) is 34.7 Å². The SMILES string of the molecule is CCn1nc(C)c(Br)c1CC(O)CC1CC1. The Morgan fingerprint density at radius 2 is 2.25 bits per heavy atom. The summed E-state index contributed by atoms with van der Waals surface area (Å²) in [7, 11) is 0. The molecule has 0 aromatic carbocycles. The van der Waals surface area contributed by atoms with E-state index in [0.29, 0.717) is 6.42 Å². The molecule has 4 heteroatoms. The molecule has 0 aliphatic heterocycles. The maximum Gasteiger partial charge on any atom is 0.0738 e. The molecule has 1 aromatic heterocycles. The maximum absolute atomic E-state index is 10.0. The van der Waals surface area contributed by atoms with Gasteiger partial charge in [-0.15, -0.1) is 0 Å². The first-order valence-corrected chi connectivity index (χ1v) is 6.81. The van der Waals surface area contributed by atoms with Crippen LogP contribution in [-0.4, -0.2) is 21.0 Å². The van der Waals surface area contributed by atoms with Crippen molar-refractivity contribution in [3.05, 3.63) is 15.9 Å². The van der Waals surface area contributed by atoms with Gasteiger partial charge in [-0.05, 0) is 42.1 Å². The van der Waals surface area contributed by atoms with Crippen LogP contribution in [-0.2, 0) is 13.0 Å². The van der Waals surface area contributed by atoms with Crippen molar-refractivity contribution < 1.29 is 5.11 Å². The van der Waals surface area contributed by atoms with E-state index in [1.165, 1.54) is 12.8 Å². The van der Waals surface area contributed by atoms with Crippen LogP contribution in [0.1, 0.15) is 37.6 Å². The zero-order valence-corrected chi connectivity index (χ0v) is 11.5. The van der Waals surface area contributed by atoms with Crippen molar-refractivity contribution in [3.8, 4) is 0 Å². The Morgan fingerprint density at radius 3 is 2.81 bits per heavy atom. The van der Waals surface area contributed by atoms with Crippen molar-refractivity contribution in [2.45, 2.75) is 52.2 Å². The van der Waals surface area contributed by atoms with Gasteiger partial charge in [-0.25, -0.2) is 0 Å². The third-order valence-corrected chi connectivity index (χ3v) is 4.22. The fourth-order valence-electron chi connectivity index (χ4n) is 2.11. The molecule has 0 amide bonds. The molecular formula is C12H19BrN2O. The predicted octanol–water partition coefficient (Wildman–Crippen LogP) is 2.68. The molecule has 1 saturated carbocycles. The molecule has 1 fully saturated rings. The van der Waals surface area contributed by atoms with Gasteiger partial charge in [0.1, 0.15) is 0 Å². The molecule has 1 aliphatic carbocycles. The van der Waals surface area contributed by atoms with Crippen LogP contribution in [0.5, 0.6) is 0 Å². The van der Waals surface area contributed by atoms with Gasteiger partial charge in [-0.3, -0.25) is 4.68 Å². The first-order valence-electron chi connectivity index (χ1n) is 6.01. The summed E-state index contributed by atoms with van der Waals surface area (Å²) >= 11 is 3.56. The standard InChI is InChI=1S/C12H19BrN2O/c1-3-15-11(12(13)8(2)14-15)7-10(16)6-9-4-5-9/h9-10,16H,3-7H2,1-2H3. The molecule has 1 aromatic rings. The van der Waals surface area contributed by atoms with Gasteiger partial charge in [-0.2, -0.15) is 5.10 Å². The zero-order valence-electron chi connectivity index (χ0n) is 9.91. The second kappa shape index (κ2) is 4.88. The summed E-state index contributed by atoms with van der Waals surface area (Å²) in [6, 6.07) is 0. The van der Waals surface area contributed by atoms with Crippen LogP contribution in [0.4, 0.5) is 0 Å². The summed E-state index contributed by atoms with van der Waals surface area (Å²) in [6.07, 6.45) is 4.03. The number of nitrogens with zero attached hydrogens (tertiary/aromatic N) is 2. The fraction of sp³-hybridized carbons (Fsp3) is 0.750.